The van der Waals surface area contributed by atoms with Gasteiger partial charge in [0.15, 0.2) is 0 Å². The van der Waals surface area contributed by atoms with Crippen molar-refractivity contribution in [2.24, 2.45) is 28.4 Å². The molecule has 1 fully saturated rings. The van der Waals surface area contributed by atoms with Gasteiger partial charge in [-0.1, -0.05) is 41.5 Å². The summed E-state index contributed by atoms with van der Waals surface area (Å²) >= 11 is 0. The van der Waals surface area contributed by atoms with E-state index in [4.69, 9.17) is 5.73 Å². The Morgan fingerprint density at radius 2 is 1.61 bits per heavy atom. The molecule has 18 heavy (non-hydrogen) atoms. The molecule has 1 atom stereocenters. The summed E-state index contributed by atoms with van der Waals surface area (Å²) in [6.07, 6.45) is 3.93. The molecule has 1 saturated carbocycles. The molecule has 0 heterocycles. The van der Waals surface area contributed by atoms with Crippen molar-refractivity contribution in [1.82, 2.24) is 5.32 Å². The molecule has 0 aromatic carbocycles. The monoisotopic (exact) mass is 254 g/mol. The molecule has 0 amide bonds. The van der Waals surface area contributed by atoms with Crippen LogP contribution in [0.5, 0.6) is 0 Å². The normalized spacial score (nSPS) is 25.3. The summed E-state index contributed by atoms with van der Waals surface area (Å²) < 4.78 is 0. The molecule has 1 aliphatic rings. The lowest BCUT2D eigenvalue weighted by atomic mass is 9.63. The molecule has 108 valence electrons. The van der Waals surface area contributed by atoms with Gasteiger partial charge in [-0.3, -0.25) is 0 Å². The SMILES string of the molecule is CC(C)C(CN)CNC1CC(C)(C)CC(C)(C)C1. The van der Waals surface area contributed by atoms with Gasteiger partial charge in [-0.25, -0.2) is 0 Å². The second-order valence-electron chi connectivity index (χ2n) is 8.26. The third-order valence-corrected chi connectivity index (χ3v) is 4.47. The van der Waals surface area contributed by atoms with Gasteiger partial charge in [0.05, 0.1) is 0 Å². The van der Waals surface area contributed by atoms with E-state index in [1.807, 2.05) is 0 Å². The van der Waals surface area contributed by atoms with Crippen LogP contribution in [0.15, 0.2) is 0 Å². The van der Waals surface area contributed by atoms with Crippen LogP contribution in [0.2, 0.25) is 0 Å². The molecule has 1 rings (SSSR count). The molecule has 1 aliphatic carbocycles. The van der Waals surface area contributed by atoms with Crippen molar-refractivity contribution in [3.8, 4) is 0 Å². The standard InChI is InChI=1S/C16H34N2/c1-12(2)13(9-17)10-18-14-7-15(3,4)11-16(5,6)8-14/h12-14,18H,7-11,17H2,1-6H3. The maximum atomic E-state index is 5.86. The average Bonchev–Trinajstić information content (AvgIpc) is 2.12. The summed E-state index contributed by atoms with van der Waals surface area (Å²) in [5, 5.41) is 3.79. The molecule has 0 aromatic rings. The smallest absolute Gasteiger partial charge is 0.00773 e. The molecular weight excluding hydrogens is 220 g/mol. The molecule has 0 bridgehead atoms. The first-order valence-corrected chi connectivity index (χ1v) is 7.59. The Hall–Kier alpha value is -0.0800. The average molecular weight is 254 g/mol. The Labute approximate surface area is 114 Å². The molecule has 3 N–H and O–H groups in total. The highest BCUT2D eigenvalue weighted by molar-refractivity contribution is 4.92. The minimum Gasteiger partial charge on any atom is -0.330 e. The largest absolute Gasteiger partial charge is 0.330 e. The van der Waals surface area contributed by atoms with Gasteiger partial charge in [0.1, 0.15) is 0 Å². The first kappa shape index (κ1) is 16.0. The number of nitrogens with two attached hydrogens (primary N) is 1. The fourth-order valence-corrected chi connectivity index (χ4v) is 3.90. The summed E-state index contributed by atoms with van der Waals surface area (Å²) in [6, 6.07) is 0.663. The van der Waals surface area contributed by atoms with Crippen LogP contribution in [0.3, 0.4) is 0 Å². The Balaban J connectivity index is 2.51. The molecule has 0 radical (unpaired) electrons. The van der Waals surface area contributed by atoms with E-state index in [1.165, 1.54) is 19.3 Å². The second-order valence-corrected chi connectivity index (χ2v) is 8.26. The second kappa shape index (κ2) is 5.92. The van der Waals surface area contributed by atoms with Crippen molar-refractivity contribution in [2.45, 2.75) is 66.8 Å². The van der Waals surface area contributed by atoms with E-state index in [2.05, 4.69) is 46.9 Å². The lowest BCUT2D eigenvalue weighted by Gasteiger charge is -2.45. The predicted molar refractivity (Wildman–Crippen MR) is 80.6 cm³/mol. The zero-order valence-electron chi connectivity index (χ0n) is 13.3. The Kier molecular flexibility index (Phi) is 5.25. The number of hydrogen-bond acceptors (Lipinski definition) is 2. The molecule has 2 heteroatoms. The fourth-order valence-electron chi connectivity index (χ4n) is 3.90. The van der Waals surface area contributed by atoms with Crippen LogP contribution < -0.4 is 11.1 Å². The van der Waals surface area contributed by atoms with Crippen LogP contribution in [0.25, 0.3) is 0 Å². The molecular formula is C16H34N2. The van der Waals surface area contributed by atoms with Gasteiger partial charge in [-0.2, -0.15) is 0 Å². The minimum absolute atomic E-state index is 0.468. The Morgan fingerprint density at radius 3 is 2.00 bits per heavy atom. The van der Waals surface area contributed by atoms with Crippen LogP contribution in [-0.4, -0.2) is 19.1 Å². The molecule has 0 spiro atoms. The lowest BCUT2D eigenvalue weighted by molar-refractivity contribution is 0.0825. The highest BCUT2D eigenvalue weighted by Crippen LogP contribution is 2.45. The van der Waals surface area contributed by atoms with E-state index in [0.717, 1.165) is 13.1 Å². The van der Waals surface area contributed by atoms with Crippen LogP contribution in [0.4, 0.5) is 0 Å². The molecule has 0 aromatic heterocycles. The van der Waals surface area contributed by atoms with Gasteiger partial charge in [0.25, 0.3) is 0 Å². The molecule has 0 aliphatic heterocycles. The molecule has 0 saturated heterocycles. The lowest BCUT2D eigenvalue weighted by Crippen LogP contribution is -2.46. The highest BCUT2D eigenvalue weighted by atomic mass is 14.9. The van der Waals surface area contributed by atoms with Crippen molar-refractivity contribution in [3.63, 3.8) is 0 Å². The van der Waals surface area contributed by atoms with Crippen molar-refractivity contribution >= 4 is 0 Å². The number of nitrogens with one attached hydrogen (secondary N) is 1. The molecule has 2 nitrogen and oxygen atoms in total. The van der Waals surface area contributed by atoms with Crippen molar-refractivity contribution in [2.75, 3.05) is 13.1 Å². The van der Waals surface area contributed by atoms with E-state index >= 15 is 0 Å². The molecule has 1 unspecified atom stereocenters. The zero-order chi connectivity index (χ0) is 14.0. The van der Waals surface area contributed by atoms with Gasteiger partial charge < -0.3 is 11.1 Å². The highest BCUT2D eigenvalue weighted by Gasteiger charge is 2.38. The predicted octanol–water partition coefficient (Wildman–Crippen LogP) is 3.41. The quantitative estimate of drug-likeness (QED) is 0.789. The Bertz CT molecular complexity index is 240. The van der Waals surface area contributed by atoms with E-state index in [1.54, 1.807) is 0 Å². The minimum atomic E-state index is 0.468. The summed E-state index contributed by atoms with van der Waals surface area (Å²) in [4.78, 5) is 0. The summed E-state index contributed by atoms with van der Waals surface area (Å²) in [7, 11) is 0. The first-order chi connectivity index (χ1) is 8.15. The van der Waals surface area contributed by atoms with E-state index in [0.29, 0.717) is 28.7 Å². The summed E-state index contributed by atoms with van der Waals surface area (Å²) in [5.41, 5.74) is 6.79. The van der Waals surface area contributed by atoms with Crippen LogP contribution in [-0.2, 0) is 0 Å². The summed E-state index contributed by atoms with van der Waals surface area (Å²) in [5.74, 6) is 1.28. The topological polar surface area (TPSA) is 38.0 Å². The van der Waals surface area contributed by atoms with Gasteiger partial charge in [-0.05, 0) is 55.0 Å². The van der Waals surface area contributed by atoms with Gasteiger partial charge in [-0.15, -0.1) is 0 Å². The van der Waals surface area contributed by atoms with Crippen LogP contribution >= 0.6 is 0 Å². The summed E-state index contributed by atoms with van der Waals surface area (Å²) in [6.45, 7) is 16.0. The maximum Gasteiger partial charge on any atom is 0.00773 e. The third-order valence-electron chi connectivity index (χ3n) is 4.47. The number of rotatable bonds is 5. The maximum absolute atomic E-state index is 5.86. The van der Waals surface area contributed by atoms with Crippen molar-refractivity contribution in [1.29, 1.82) is 0 Å². The van der Waals surface area contributed by atoms with E-state index in [9.17, 15) is 0 Å². The van der Waals surface area contributed by atoms with Crippen molar-refractivity contribution in [3.05, 3.63) is 0 Å². The van der Waals surface area contributed by atoms with Gasteiger partial charge >= 0.3 is 0 Å². The van der Waals surface area contributed by atoms with E-state index < -0.39 is 0 Å². The fraction of sp³-hybridized carbons (Fsp3) is 1.00. The third kappa shape index (κ3) is 4.89. The Morgan fingerprint density at radius 1 is 1.11 bits per heavy atom. The van der Waals surface area contributed by atoms with Gasteiger partial charge in [0.2, 0.25) is 0 Å². The van der Waals surface area contributed by atoms with Crippen molar-refractivity contribution < 1.29 is 0 Å². The van der Waals surface area contributed by atoms with Gasteiger partial charge in [0, 0.05) is 6.04 Å². The zero-order valence-corrected chi connectivity index (χ0v) is 13.3. The first-order valence-electron chi connectivity index (χ1n) is 7.59. The van der Waals surface area contributed by atoms with Crippen LogP contribution in [0.1, 0.15) is 60.8 Å². The number of hydrogen-bond donors (Lipinski definition) is 2. The van der Waals surface area contributed by atoms with Crippen LogP contribution in [0, 0.1) is 22.7 Å². The van der Waals surface area contributed by atoms with E-state index in [-0.39, 0.29) is 0 Å².